The Morgan fingerprint density at radius 2 is 1.67 bits per heavy atom. The largest absolute Gasteiger partial charge is 0.480 e. The number of sulfonamides is 1. The summed E-state index contributed by atoms with van der Waals surface area (Å²) in [5, 5.41) is 15.2. The second-order valence-corrected chi connectivity index (χ2v) is 15.3. The summed E-state index contributed by atoms with van der Waals surface area (Å²) in [7, 11) is -4.22. The van der Waals surface area contributed by atoms with Gasteiger partial charge in [0.2, 0.25) is 21.8 Å². The van der Waals surface area contributed by atoms with Crippen molar-refractivity contribution < 1.29 is 37.4 Å². The van der Waals surface area contributed by atoms with Gasteiger partial charge in [-0.05, 0) is 60.6 Å². The number of carboxylic acids is 1. The van der Waals surface area contributed by atoms with E-state index < -0.39 is 45.9 Å². The van der Waals surface area contributed by atoms with Crippen LogP contribution in [0.15, 0.2) is 53.6 Å². The summed E-state index contributed by atoms with van der Waals surface area (Å²) in [5.41, 5.74) is 0.635. The van der Waals surface area contributed by atoms with Gasteiger partial charge in [0.25, 0.3) is 5.91 Å². The number of carbonyl (C=O) groups excluding carboxylic acids is 3. The Hall–Kier alpha value is -3.46. The Balaban J connectivity index is 1.32. The maximum absolute atomic E-state index is 13.8. The lowest BCUT2D eigenvalue weighted by Gasteiger charge is -2.30. The smallest absolute Gasteiger partial charge is 0.326 e. The molecule has 1 saturated carbocycles. The normalized spacial score (nSPS) is 19.8. The first-order chi connectivity index (χ1) is 23.1. The number of ether oxygens (including phenoxy) is 1. The first-order valence-corrected chi connectivity index (χ1v) is 18.0. The van der Waals surface area contributed by atoms with Crippen LogP contribution in [-0.2, 0) is 30.8 Å². The molecule has 1 aliphatic carbocycles. The van der Waals surface area contributed by atoms with Gasteiger partial charge in [0.05, 0.1) is 21.7 Å². The average molecular weight is 772 g/mol. The molecule has 1 aliphatic heterocycles. The molecule has 17 heteroatoms. The topological polar surface area (TPSA) is 172 Å². The minimum Gasteiger partial charge on any atom is -0.480 e. The van der Waals surface area contributed by atoms with Crippen molar-refractivity contribution in [3.63, 3.8) is 0 Å². The van der Waals surface area contributed by atoms with Crippen LogP contribution in [0.5, 0.6) is 5.88 Å². The lowest BCUT2D eigenvalue weighted by atomic mass is 9.78. The van der Waals surface area contributed by atoms with Crippen LogP contribution < -0.4 is 15.4 Å². The van der Waals surface area contributed by atoms with E-state index in [1.54, 1.807) is 12.1 Å². The molecule has 260 valence electrons. The fourth-order valence-corrected chi connectivity index (χ4v) is 9.27. The molecule has 5 rings (SSSR count). The third-order valence-electron chi connectivity index (χ3n) is 8.48. The van der Waals surface area contributed by atoms with E-state index in [-0.39, 0.29) is 61.2 Å². The number of esters is 1. The highest BCUT2D eigenvalue weighted by Crippen LogP contribution is 2.43. The molecule has 2 aliphatic rings. The predicted molar refractivity (Wildman–Crippen MR) is 183 cm³/mol. The minimum absolute atomic E-state index is 0.0647. The zero-order valence-electron chi connectivity index (χ0n) is 25.8. The fourth-order valence-electron chi connectivity index (χ4n) is 6.30. The Kier molecular flexibility index (Phi) is 11.4. The molecule has 2 amide bonds. The van der Waals surface area contributed by atoms with Crippen molar-refractivity contribution in [2.24, 2.45) is 11.8 Å². The third-order valence-corrected chi connectivity index (χ3v) is 11.4. The molecule has 3 unspecified atom stereocenters. The number of pyridine rings is 1. The SMILES string of the molecule is CC(=O)Oc1ncc(Cl)c(C(=O)Nc2ccc(C[C@H](NC(=O)C3C4CCCCC4CN3S(=O)(=O)c3cc(Cl)cc(Cl)c3)C(=O)O)cc2)c1Cl. The standard InChI is InChI=1S/C32H30Cl4N4O8S/c1-16(41)48-31-27(36)26(24(35)14-37-31)29(42)38-21-8-6-17(7-9-21)10-25(32(44)45)39-30(43)28-23-5-3-2-4-18(23)15-40(28)49(46,47)22-12-19(33)11-20(34)13-22/h6-9,11-14,18,23,25,28H,2-5,10,15H2,1H3,(H,38,42)(H,39,43)(H,44,45)/t18?,23?,25-,28?/m0/s1. The number of benzene rings is 2. The van der Waals surface area contributed by atoms with E-state index in [4.69, 9.17) is 51.1 Å². The van der Waals surface area contributed by atoms with Gasteiger partial charge in [-0.15, -0.1) is 0 Å². The van der Waals surface area contributed by atoms with Crippen molar-refractivity contribution in [3.8, 4) is 5.88 Å². The fraction of sp³-hybridized carbons (Fsp3) is 0.344. The number of aromatic nitrogens is 1. The highest BCUT2D eigenvalue weighted by atomic mass is 35.5. The molecular formula is C32H30Cl4N4O8S. The summed E-state index contributed by atoms with van der Waals surface area (Å²) < 4.78 is 33.8. The Morgan fingerprint density at radius 3 is 2.31 bits per heavy atom. The predicted octanol–water partition coefficient (Wildman–Crippen LogP) is 5.86. The molecule has 0 bridgehead atoms. The molecule has 3 aromatic rings. The Bertz CT molecular complexity index is 1890. The number of carboxylic acid groups (broad SMARTS) is 1. The van der Waals surface area contributed by atoms with Gasteiger partial charge in [0.15, 0.2) is 0 Å². The van der Waals surface area contributed by atoms with Gasteiger partial charge in [-0.25, -0.2) is 18.2 Å². The number of fused-ring (bicyclic) bond motifs is 1. The van der Waals surface area contributed by atoms with Crippen LogP contribution in [0.3, 0.4) is 0 Å². The first-order valence-electron chi connectivity index (χ1n) is 15.1. The summed E-state index contributed by atoms with van der Waals surface area (Å²) >= 11 is 24.5. The number of aliphatic carboxylic acids is 1. The van der Waals surface area contributed by atoms with E-state index in [1.807, 2.05) is 0 Å². The summed E-state index contributed by atoms with van der Waals surface area (Å²) in [6, 6.07) is 7.57. The van der Waals surface area contributed by atoms with Gasteiger partial charge in [-0.2, -0.15) is 4.31 Å². The van der Waals surface area contributed by atoms with Crippen LogP contribution in [0.1, 0.15) is 48.5 Å². The highest BCUT2D eigenvalue weighted by molar-refractivity contribution is 7.89. The first kappa shape index (κ1) is 36.8. The molecule has 0 spiro atoms. The number of halogens is 4. The van der Waals surface area contributed by atoms with E-state index in [1.165, 1.54) is 30.3 Å². The van der Waals surface area contributed by atoms with Gasteiger partial charge in [-0.1, -0.05) is 71.4 Å². The number of hydrogen-bond acceptors (Lipinski definition) is 8. The van der Waals surface area contributed by atoms with Crippen molar-refractivity contribution in [2.45, 2.75) is 56.0 Å². The van der Waals surface area contributed by atoms with Crippen molar-refractivity contribution in [1.29, 1.82) is 0 Å². The number of nitrogens with one attached hydrogen (secondary N) is 2. The van der Waals surface area contributed by atoms with E-state index in [0.717, 1.165) is 36.7 Å². The van der Waals surface area contributed by atoms with Gasteiger partial charge in [0.1, 0.15) is 17.1 Å². The van der Waals surface area contributed by atoms with Crippen LogP contribution >= 0.6 is 46.4 Å². The average Bonchev–Trinajstić information content (AvgIpc) is 3.43. The lowest BCUT2D eigenvalue weighted by molar-refractivity contribution is -0.142. The number of anilines is 1. The van der Waals surface area contributed by atoms with Gasteiger partial charge < -0.3 is 20.5 Å². The zero-order chi connectivity index (χ0) is 35.6. The monoisotopic (exact) mass is 770 g/mol. The lowest BCUT2D eigenvalue weighted by Crippen LogP contribution is -2.53. The second-order valence-electron chi connectivity index (χ2n) is 11.8. The third kappa shape index (κ3) is 8.30. The molecule has 49 heavy (non-hydrogen) atoms. The quantitative estimate of drug-likeness (QED) is 0.214. The molecule has 3 N–H and O–H groups in total. The van der Waals surface area contributed by atoms with Crippen molar-refractivity contribution in [2.75, 3.05) is 11.9 Å². The van der Waals surface area contributed by atoms with E-state index in [2.05, 4.69) is 15.6 Å². The molecule has 4 atom stereocenters. The Morgan fingerprint density at radius 1 is 1.02 bits per heavy atom. The van der Waals surface area contributed by atoms with Crippen LogP contribution in [0.25, 0.3) is 0 Å². The number of rotatable bonds is 10. The van der Waals surface area contributed by atoms with Crippen molar-refractivity contribution in [1.82, 2.24) is 14.6 Å². The number of amides is 2. The van der Waals surface area contributed by atoms with E-state index in [9.17, 15) is 32.7 Å². The Labute approximate surface area is 302 Å². The molecular weight excluding hydrogens is 742 g/mol. The molecule has 0 radical (unpaired) electrons. The number of carbonyl (C=O) groups is 4. The van der Waals surface area contributed by atoms with Gasteiger partial charge >= 0.3 is 11.9 Å². The summed E-state index contributed by atoms with van der Waals surface area (Å²) in [6.45, 7) is 1.26. The molecule has 12 nitrogen and oxygen atoms in total. The second kappa shape index (κ2) is 15.2. The molecule has 2 heterocycles. The van der Waals surface area contributed by atoms with Crippen LogP contribution in [0.2, 0.25) is 20.1 Å². The van der Waals surface area contributed by atoms with Crippen molar-refractivity contribution in [3.05, 3.63) is 79.9 Å². The highest BCUT2D eigenvalue weighted by Gasteiger charge is 2.51. The molecule has 1 saturated heterocycles. The summed E-state index contributed by atoms with van der Waals surface area (Å²) in [4.78, 5) is 54.2. The van der Waals surface area contributed by atoms with Crippen LogP contribution in [-0.4, -0.2) is 65.2 Å². The van der Waals surface area contributed by atoms with Crippen LogP contribution in [0, 0.1) is 11.8 Å². The number of hydrogen-bond donors (Lipinski definition) is 3. The molecule has 2 aromatic carbocycles. The van der Waals surface area contributed by atoms with E-state index in [0.29, 0.717) is 17.7 Å². The van der Waals surface area contributed by atoms with Gasteiger partial charge in [-0.3, -0.25) is 14.4 Å². The zero-order valence-corrected chi connectivity index (χ0v) is 29.6. The van der Waals surface area contributed by atoms with Crippen LogP contribution in [0.4, 0.5) is 5.69 Å². The summed E-state index contributed by atoms with van der Waals surface area (Å²) in [6.07, 6.45) is 4.07. The number of nitrogens with zero attached hydrogens (tertiary/aromatic N) is 2. The minimum atomic E-state index is -4.22. The van der Waals surface area contributed by atoms with E-state index >= 15 is 0 Å². The van der Waals surface area contributed by atoms with Crippen molar-refractivity contribution >= 4 is 85.9 Å². The van der Waals surface area contributed by atoms with Gasteiger partial charge in [0, 0.05) is 35.6 Å². The summed E-state index contributed by atoms with van der Waals surface area (Å²) in [5.74, 6) is -4.07. The maximum Gasteiger partial charge on any atom is 0.326 e. The molecule has 2 fully saturated rings. The molecule has 1 aromatic heterocycles. The maximum atomic E-state index is 13.8.